The number of hydrogen-bond donors (Lipinski definition) is 0. The Morgan fingerprint density at radius 1 is 1.20 bits per heavy atom. The third kappa shape index (κ3) is 4.18. The third-order valence-electron chi connectivity index (χ3n) is 3.52. The van der Waals surface area contributed by atoms with E-state index in [4.69, 9.17) is 9.05 Å². The number of rotatable bonds is 5. The summed E-state index contributed by atoms with van der Waals surface area (Å²) in [6.07, 6.45) is 0.321. The fourth-order valence-corrected chi connectivity index (χ4v) is 3.74. The minimum absolute atomic E-state index is 0.0630. The van der Waals surface area contributed by atoms with Gasteiger partial charge in [-0.05, 0) is 48.4 Å². The Kier molecular flexibility index (Phi) is 5.60. The molecular weight excluding hydrogens is 271 g/mol. The van der Waals surface area contributed by atoms with E-state index in [1.165, 1.54) is 23.8 Å². The van der Waals surface area contributed by atoms with E-state index in [2.05, 4.69) is 46.8 Å². The molecule has 1 rings (SSSR count). The van der Waals surface area contributed by atoms with Gasteiger partial charge in [-0.15, -0.1) is 0 Å². The second kappa shape index (κ2) is 6.43. The highest BCUT2D eigenvalue weighted by molar-refractivity contribution is 7.53. The number of aryl methyl sites for hydroxylation is 1. The van der Waals surface area contributed by atoms with E-state index in [-0.39, 0.29) is 5.41 Å². The van der Waals surface area contributed by atoms with Gasteiger partial charge in [0.2, 0.25) is 0 Å². The molecule has 1 aromatic carbocycles. The lowest BCUT2D eigenvalue weighted by atomic mass is 9.82. The molecule has 0 heterocycles. The van der Waals surface area contributed by atoms with Crippen LogP contribution in [0.15, 0.2) is 12.1 Å². The highest BCUT2D eigenvalue weighted by Crippen LogP contribution is 2.51. The number of benzene rings is 1. The smallest absolute Gasteiger partial charge is 0.312 e. The maximum atomic E-state index is 12.5. The summed E-state index contributed by atoms with van der Waals surface area (Å²) in [5.74, 6) is 0. The molecule has 0 aliphatic rings. The van der Waals surface area contributed by atoms with Gasteiger partial charge in [0, 0.05) is 7.11 Å². The highest BCUT2D eigenvalue weighted by Gasteiger charge is 2.25. The van der Waals surface area contributed by atoms with Crippen LogP contribution in [0.3, 0.4) is 0 Å². The molecule has 0 aliphatic heterocycles. The van der Waals surface area contributed by atoms with Crippen LogP contribution in [0.25, 0.3) is 0 Å². The summed E-state index contributed by atoms with van der Waals surface area (Å²) in [6.45, 7) is 13.0. The Morgan fingerprint density at radius 3 is 2.25 bits per heavy atom. The first-order chi connectivity index (χ1) is 9.13. The van der Waals surface area contributed by atoms with Crippen molar-refractivity contribution in [2.24, 2.45) is 0 Å². The molecule has 0 radical (unpaired) electrons. The van der Waals surface area contributed by atoms with E-state index < -0.39 is 7.60 Å². The molecule has 0 amide bonds. The van der Waals surface area contributed by atoms with E-state index >= 15 is 0 Å². The topological polar surface area (TPSA) is 35.5 Å². The first kappa shape index (κ1) is 17.4. The molecular formula is C16H27O3P. The van der Waals surface area contributed by atoms with Gasteiger partial charge >= 0.3 is 7.60 Å². The Hall–Kier alpha value is -0.630. The van der Waals surface area contributed by atoms with Crippen molar-refractivity contribution < 1.29 is 13.6 Å². The SMILES string of the molecule is CCOP(=O)(Cc1cc(C)c(C)c(C(C)(C)C)c1)OC. The van der Waals surface area contributed by atoms with Crippen LogP contribution in [-0.4, -0.2) is 13.7 Å². The average molecular weight is 298 g/mol. The van der Waals surface area contributed by atoms with Crippen molar-refractivity contribution in [2.75, 3.05) is 13.7 Å². The molecule has 1 aromatic rings. The lowest BCUT2D eigenvalue weighted by molar-refractivity contribution is 0.243. The normalized spacial score (nSPS) is 15.2. The maximum absolute atomic E-state index is 12.5. The molecule has 0 saturated carbocycles. The van der Waals surface area contributed by atoms with Crippen molar-refractivity contribution >= 4 is 7.60 Å². The van der Waals surface area contributed by atoms with E-state index in [1.807, 2.05) is 6.92 Å². The standard InChI is InChI=1S/C16H27O3P/c1-8-19-20(17,18-7)11-14-9-12(2)13(3)15(10-14)16(4,5)6/h9-10H,8,11H2,1-7H3. The van der Waals surface area contributed by atoms with Crippen LogP contribution in [0.1, 0.15) is 49.9 Å². The average Bonchev–Trinajstić information content (AvgIpc) is 2.32. The quantitative estimate of drug-likeness (QED) is 0.719. The summed E-state index contributed by atoms with van der Waals surface area (Å²) in [6, 6.07) is 4.21. The van der Waals surface area contributed by atoms with Gasteiger partial charge in [-0.3, -0.25) is 4.57 Å². The van der Waals surface area contributed by atoms with Gasteiger partial charge in [0.1, 0.15) is 0 Å². The lowest BCUT2D eigenvalue weighted by Gasteiger charge is -2.25. The zero-order valence-corrected chi connectivity index (χ0v) is 14.6. The van der Waals surface area contributed by atoms with Crippen LogP contribution in [-0.2, 0) is 25.2 Å². The minimum Gasteiger partial charge on any atom is -0.312 e. The van der Waals surface area contributed by atoms with Gasteiger partial charge < -0.3 is 9.05 Å². The summed E-state index contributed by atoms with van der Waals surface area (Å²) in [5, 5.41) is 0. The third-order valence-corrected chi connectivity index (χ3v) is 5.48. The van der Waals surface area contributed by atoms with Gasteiger partial charge in [0.25, 0.3) is 0 Å². The van der Waals surface area contributed by atoms with Crippen molar-refractivity contribution in [3.8, 4) is 0 Å². The fraction of sp³-hybridized carbons (Fsp3) is 0.625. The first-order valence-electron chi connectivity index (χ1n) is 7.03. The molecule has 114 valence electrons. The van der Waals surface area contributed by atoms with Crippen LogP contribution in [0, 0.1) is 13.8 Å². The summed E-state index contributed by atoms with van der Waals surface area (Å²) in [4.78, 5) is 0. The van der Waals surface area contributed by atoms with E-state index in [0.717, 1.165) is 5.56 Å². The largest absolute Gasteiger partial charge is 0.334 e. The predicted octanol–water partition coefficient (Wildman–Crippen LogP) is 4.98. The van der Waals surface area contributed by atoms with Crippen molar-refractivity contribution in [2.45, 2.75) is 53.1 Å². The van der Waals surface area contributed by atoms with Gasteiger partial charge in [0.15, 0.2) is 0 Å². The van der Waals surface area contributed by atoms with Crippen molar-refractivity contribution in [1.82, 2.24) is 0 Å². The monoisotopic (exact) mass is 298 g/mol. The molecule has 1 atom stereocenters. The van der Waals surface area contributed by atoms with E-state index in [0.29, 0.717) is 12.8 Å². The van der Waals surface area contributed by atoms with Gasteiger partial charge in [0.05, 0.1) is 12.8 Å². The molecule has 0 aliphatic carbocycles. The van der Waals surface area contributed by atoms with E-state index in [1.54, 1.807) is 0 Å². The Balaban J connectivity index is 3.21. The predicted molar refractivity (Wildman–Crippen MR) is 84.6 cm³/mol. The fourth-order valence-electron chi connectivity index (χ4n) is 2.39. The van der Waals surface area contributed by atoms with Crippen molar-refractivity contribution in [3.63, 3.8) is 0 Å². The van der Waals surface area contributed by atoms with Gasteiger partial charge in [-0.1, -0.05) is 32.9 Å². The first-order valence-corrected chi connectivity index (χ1v) is 8.75. The van der Waals surface area contributed by atoms with Crippen LogP contribution in [0.2, 0.25) is 0 Å². The molecule has 4 heteroatoms. The molecule has 0 fully saturated rings. The van der Waals surface area contributed by atoms with Crippen LogP contribution in [0.4, 0.5) is 0 Å². The van der Waals surface area contributed by atoms with Crippen LogP contribution < -0.4 is 0 Å². The maximum Gasteiger partial charge on any atom is 0.334 e. The second-order valence-corrected chi connectivity index (χ2v) is 8.37. The summed E-state index contributed by atoms with van der Waals surface area (Å²) >= 11 is 0. The molecule has 0 aromatic heterocycles. The Bertz CT molecular complexity index is 515. The van der Waals surface area contributed by atoms with Gasteiger partial charge in [-0.25, -0.2) is 0 Å². The molecule has 0 bridgehead atoms. The summed E-state index contributed by atoms with van der Waals surface area (Å²) < 4.78 is 22.9. The second-order valence-electron chi connectivity index (χ2n) is 6.20. The van der Waals surface area contributed by atoms with Crippen LogP contribution in [0.5, 0.6) is 0 Å². The molecule has 0 spiro atoms. The molecule has 0 N–H and O–H groups in total. The Labute approximate surface area is 123 Å². The van der Waals surface area contributed by atoms with Crippen LogP contribution >= 0.6 is 7.60 Å². The molecule has 1 unspecified atom stereocenters. The molecule has 3 nitrogen and oxygen atoms in total. The number of hydrogen-bond acceptors (Lipinski definition) is 3. The Morgan fingerprint density at radius 2 is 1.80 bits per heavy atom. The van der Waals surface area contributed by atoms with E-state index in [9.17, 15) is 4.57 Å². The zero-order chi connectivity index (χ0) is 15.6. The van der Waals surface area contributed by atoms with Gasteiger partial charge in [-0.2, -0.15) is 0 Å². The highest BCUT2D eigenvalue weighted by atomic mass is 31.2. The molecule has 20 heavy (non-hydrogen) atoms. The minimum atomic E-state index is -3.03. The van der Waals surface area contributed by atoms with Crippen molar-refractivity contribution in [1.29, 1.82) is 0 Å². The van der Waals surface area contributed by atoms with Crippen molar-refractivity contribution in [3.05, 3.63) is 34.4 Å². The summed E-state index contributed by atoms with van der Waals surface area (Å²) in [5.41, 5.74) is 4.87. The zero-order valence-electron chi connectivity index (χ0n) is 13.7. The lowest BCUT2D eigenvalue weighted by Crippen LogP contribution is -2.14. The summed E-state index contributed by atoms with van der Waals surface area (Å²) in [7, 11) is -1.58. The molecule has 0 saturated heterocycles.